The summed E-state index contributed by atoms with van der Waals surface area (Å²) in [6, 6.07) is 3.56. The minimum atomic E-state index is -1.45. The Bertz CT molecular complexity index is 1410. The van der Waals surface area contributed by atoms with E-state index in [2.05, 4.69) is 20.8 Å². The molecule has 2 aromatic rings. The van der Waals surface area contributed by atoms with Crippen molar-refractivity contribution >= 4 is 34.5 Å². The van der Waals surface area contributed by atoms with E-state index in [1.54, 1.807) is 18.3 Å². The second-order valence-electron chi connectivity index (χ2n) is 13.6. The molecule has 0 bridgehead atoms. The highest BCUT2D eigenvalue weighted by molar-refractivity contribution is 5.97. The van der Waals surface area contributed by atoms with Crippen molar-refractivity contribution in [2.75, 3.05) is 19.6 Å². The number of fused-ring (bicyclic) bond motifs is 2. The quantitative estimate of drug-likeness (QED) is 0.485. The Balaban J connectivity index is 1.41. The van der Waals surface area contributed by atoms with Crippen molar-refractivity contribution in [1.29, 1.82) is 0 Å². The zero-order valence-corrected chi connectivity index (χ0v) is 24.3. The van der Waals surface area contributed by atoms with E-state index in [1.807, 2.05) is 46.8 Å². The maximum atomic E-state index is 14.1. The number of piperidine rings is 1. The number of amides is 5. The van der Waals surface area contributed by atoms with Crippen molar-refractivity contribution in [3.05, 3.63) is 36.2 Å². The number of carbonyl (C=O) groups excluding carboxylic acids is 4. The molecule has 3 heterocycles. The molecule has 220 valence electrons. The maximum Gasteiger partial charge on any atom is 0.318 e. The van der Waals surface area contributed by atoms with Crippen LogP contribution in [0.1, 0.15) is 53.3 Å². The molecule has 12 heteroatoms. The predicted molar refractivity (Wildman–Crippen MR) is 149 cm³/mol. The topological polar surface area (TPSA) is 151 Å². The van der Waals surface area contributed by atoms with Crippen molar-refractivity contribution in [3.63, 3.8) is 0 Å². The lowest BCUT2D eigenvalue weighted by Gasteiger charge is -2.44. The van der Waals surface area contributed by atoms with Gasteiger partial charge in [-0.1, -0.05) is 58.9 Å². The molecule has 5 amide bonds. The smallest absolute Gasteiger partial charge is 0.318 e. The van der Waals surface area contributed by atoms with Crippen LogP contribution in [0.2, 0.25) is 0 Å². The van der Waals surface area contributed by atoms with E-state index < -0.39 is 53.0 Å². The predicted octanol–water partition coefficient (Wildman–Crippen LogP) is 1.92. The van der Waals surface area contributed by atoms with Gasteiger partial charge in [-0.15, -0.1) is 0 Å². The number of likely N-dealkylation sites (tertiary alicyclic amines) is 2. The van der Waals surface area contributed by atoms with E-state index in [0.717, 1.165) is 5.39 Å². The number of primary amides is 1. The molecule has 1 aliphatic carbocycles. The van der Waals surface area contributed by atoms with Gasteiger partial charge >= 0.3 is 6.03 Å². The van der Waals surface area contributed by atoms with Gasteiger partial charge in [-0.05, 0) is 29.6 Å². The van der Waals surface area contributed by atoms with Crippen molar-refractivity contribution in [1.82, 2.24) is 30.6 Å². The highest BCUT2D eigenvalue weighted by atomic mass is 19.1. The number of nitrogens with one attached hydrogen (secondary N) is 2. The molecule has 3 aliphatic rings. The first-order valence-corrected chi connectivity index (χ1v) is 13.9. The van der Waals surface area contributed by atoms with Crippen LogP contribution in [-0.2, 0) is 14.4 Å². The van der Waals surface area contributed by atoms with Gasteiger partial charge in [0.25, 0.3) is 0 Å². The van der Waals surface area contributed by atoms with Gasteiger partial charge in [0.05, 0.1) is 19.3 Å². The summed E-state index contributed by atoms with van der Waals surface area (Å²) < 4.78 is 14.0. The Morgan fingerprint density at radius 2 is 1.76 bits per heavy atom. The highest BCUT2D eigenvalue weighted by Crippen LogP contribution is 2.65. The lowest BCUT2D eigenvalue weighted by Crippen LogP contribution is -2.66. The number of benzene rings is 1. The van der Waals surface area contributed by atoms with Gasteiger partial charge in [0, 0.05) is 17.3 Å². The molecule has 2 aliphatic heterocycles. The van der Waals surface area contributed by atoms with Crippen LogP contribution < -0.4 is 16.4 Å². The third kappa shape index (κ3) is 5.08. The molecule has 11 nitrogen and oxygen atoms in total. The summed E-state index contributed by atoms with van der Waals surface area (Å²) in [5.41, 5.74) is 3.63. The summed E-state index contributed by atoms with van der Waals surface area (Å²) in [5, 5.41) is 15.0. The van der Waals surface area contributed by atoms with Gasteiger partial charge < -0.3 is 26.2 Å². The Hall–Kier alpha value is -3.83. The third-order valence-corrected chi connectivity index (χ3v) is 8.91. The van der Waals surface area contributed by atoms with E-state index >= 15 is 0 Å². The lowest BCUT2D eigenvalue weighted by molar-refractivity contribution is -0.144. The van der Waals surface area contributed by atoms with Crippen LogP contribution in [0, 0.1) is 22.7 Å². The summed E-state index contributed by atoms with van der Waals surface area (Å²) in [6.45, 7) is 11.2. The second-order valence-corrected chi connectivity index (χ2v) is 13.6. The van der Waals surface area contributed by atoms with Crippen LogP contribution >= 0.6 is 0 Å². The van der Waals surface area contributed by atoms with Gasteiger partial charge in [0.2, 0.25) is 17.7 Å². The van der Waals surface area contributed by atoms with Crippen LogP contribution in [0.3, 0.4) is 0 Å². The number of nitrogens with two attached hydrogens (primary N) is 1. The number of halogens is 1. The van der Waals surface area contributed by atoms with Gasteiger partial charge in [-0.25, -0.2) is 9.18 Å². The Labute approximate surface area is 238 Å². The molecule has 4 N–H and O–H groups in total. The molecule has 1 unspecified atom stereocenters. The number of alkyl halides is 1. The molecule has 1 aromatic heterocycles. The second kappa shape index (κ2) is 9.63. The minimum Gasteiger partial charge on any atom is -0.368 e. The van der Waals surface area contributed by atoms with Gasteiger partial charge in [0.1, 0.15) is 23.4 Å². The molecular formula is C29H38FN7O4. The van der Waals surface area contributed by atoms with Crippen molar-refractivity contribution in [2.24, 2.45) is 28.4 Å². The van der Waals surface area contributed by atoms with Crippen molar-refractivity contribution < 1.29 is 23.6 Å². The van der Waals surface area contributed by atoms with Crippen molar-refractivity contribution in [2.45, 2.75) is 65.3 Å². The first-order valence-electron chi connectivity index (χ1n) is 13.9. The summed E-state index contributed by atoms with van der Waals surface area (Å²) in [6.07, 6.45) is 1.56. The fourth-order valence-corrected chi connectivity index (χ4v) is 6.50. The first kappa shape index (κ1) is 28.7. The Morgan fingerprint density at radius 3 is 2.37 bits per heavy atom. The van der Waals surface area contributed by atoms with E-state index in [4.69, 9.17) is 5.73 Å². The van der Waals surface area contributed by atoms with Crippen LogP contribution in [0.15, 0.2) is 30.5 Å². The maximum absolute atomic E-state index is 14.1. The Morgan fingerprint density at radius 1 is 1.10 bits per heavy atom. The number of hydrogen-bond donors (Lipinski definition) is 3. The summed E-state index contributed by atoms with van der Waals surface area (Å²) in [4.78, 5) is 56.3. The Kier molecular flexibility index (Phi) is 6.74. The number of hydrogen-bond acceptors (Lipinski definition) is 6. The molecule has 3 fully saturated rings. The SMILES string of the molecule is CC1(F)CN(C(=O)N[C@H](C(=O)N2C[C@H]3[C@@H]([C@H]2C(=O)NC(C(N)=O)c2nncc4ccccc24)C3(C)C)C(C)(C)C)C1. The number of carbonyl (C=O) groups is 4. The number of urea groups is 1. The normalized spacial score (nSPS) is 25.5. The van der Waals surface area contributed by atoms with E-state index in [0.29, 0.717) is 11.9 Å². The largest absolute Gasteiger partial charge is 0.368 e. The third-order valence-electron chi connectivity index (χ3n) is 8.91. The van der Waals surface area contributed by atoms with E-state index in [9.17, 15) is 23.6 Å². The zero-order valence-electron chi connectivity index (χ0n) is 24.3. The first-order chi connectivity index (χ1) is 19.0. The molecule has 1 aromatic carbocycles. The van der Waals surface area contributed by atoms with E-state index in [-0.39, 0.29) is 36.0 Å². The van der Waals surface area contributed by atoms with Gasteiger partial charge in [0.15, 0.2) is 6.04 Å². The minimum absolute atomic E-state index is 0.0530. The average molecular weight is 568 g/mol. The van der Waals surface area contributed by atoms with Gasteiger partial charge in [-0.3, -0.25) is 14.4 Å². The monoisotopic (exact) mass is 567 g/mol. The molecule has 0 spiro atoms. The summed E-state index contributed by atoms with van der Waals surface area (Å²) in [7, 11) is 0. The molecular weight excluding hydrogens is 529 g/mol. The average Bonchev–Trinajstić information content (AvgIpc) is 3.20. The fourth-order valence-electron chi connectivity index (χ4n) is 6.50. The molecule has 5 rings (SSSR count). The van der Waals surface area contributed by atoms with Crippen LogP contribution in [0.4, 0.5) is 9.18 Å². The highest BCUT2D eigenvalue weighted by Gasteiger charge is 2.70. The van der Waals surface area contributed by atoms with Crippen LogP contribution in [-0.4, -0.2) is 81.1 Å². The molecule has 1 saturated carbocycles. The summed E-state index contributed by atoms with van der Waals surface area (Å²) in [5.74, 6) is -1.80. The van der Waals surface area contributed by atoms with Gasteiger partial charge in [-0.2, -0.15) is 10.2 Å². The number of aromatic nitrogens is 2. The lowest BCUT2D eigenvalue weighted by atomic mass is 9.85. The molecule has 0 radical (unpaired) electrons. The zero-order chi connectivity index (χ0) is 30.1. The standard InChI is InChI=1S/C29H38FN7O4/c1-27(2,3)22(34-26(41)36-13-29(6,30)14-36)25(40)37-12-17-18(28(17,4)5)21(37)24(39)33-20(23(31)38)19-16-10-8-7-9-15(16)11-32-35-19/h7-11,17-18,20-22H,12-14H2,1-6H3,(H2,31,38)(H,33,39)(H,34,41)/t17-,18-,20?,21-,22+/m0/s1. The molecule has 2 saturated heterocycles. The molecule has 5 atom stereocenters. The number of nitrogens with zero attached hydrogens (tertiary/aromatic N) is 4. The van der Waals surface area contributed by atoms with E-state index in [1.165, 1.54) is 16.7 Å². The van der Waals surface area contributed by atoms with Crippen LogP contribution in [0.25, 0.3) is 10.8 Å². The summed E-state index contributed by atoms with van der Waals surface area (Å²) >= 11 is 0. The number of rotatable bonds is 6. The molecule has 41 heavy (non-hydrogen) atoms. The van der Waals surface area contributed by atoms with Crippen molar-refractivity contribution in [3.8, 4) is 0 Å². The van der Waals surface area contributed by atoms with Crippen LogP contribution in [0.5, 0.6) is 0 Å². The fraction of sp³-hybridized carbons (Fsp3) is 0.586.